The minimum absolute atomic E-state index is 0.206. The molecule has 1 fully saturated rings. The molecule has 0 aromatic rings. The Kier molecular flexibility index (Phi) is 35.3. The van der Waals surface area contributed by atoms with Crippen LogP contribution in [0.25, 0.3) is 0 Å². The first-order chi connectivity index (χ1) is 27.3. The Morgan fingerprint density at radius 3 is 1.50 bits per heavy atom. The van der Waals surface area contributed by atoms with Gasteiger partial charge in [-0.1, -0.05) is 185 Å². The molecule has 7 unspecified atom stereocenters. The molecule has 0 bridgehead atoms. The van der Waals surface area contributed by atoms with E-state index in [1.54, 1.807) is 6.08 Å². The molecule has 0 aromatic carbocycles. The van der Waals surface area contributed by atoms with Gasteiger partial charge in [0.2, 0.25) is 5.91 Å². The van der Waals surface area contributed by atoms with Crippen molar-refractivity contribution in [1.82, 2.24) is 5.32 Å². The molecule has 9 nitrogen and oxygen atoms in total. The van der Waals surface area contributed by atoms with E-state index in [9.17, 15) is 30.3 Å². The van der Waals surface area contributed by atoms with Gasteiger partial charge in [-0.3, -0.25) is 4.79 Å². The first kappa shape index (κ1) is 52.4. The molecule has 0 aliphatic carbocycles. The summed E-state index contributed by atoms with van der Waals surface area (Å²) in [6, 6.07) is -0.821. The topological polar surface area (TPSA) is 149 Å². The van der Waals surface area contributed by atoms with Crippen LogP contribution in [0, 0.1) is 0 Å². The minimum Gasteiger partial charge on any atom is -0.394 e. The lowest BCUT2D eigenvalue weighted by atomic mass is 9.99. The largest absolute Gasteiger partial charge is 0.394 e. The highest BCUT2D eigenvalue weighted by Crippen LogP contribution is 2.22. The number of amides is 1. The van der Waals surface area contributed by atoms with Crippen molar-refractivity contribution in [2.75, 3.05) is 13.2 Å². The third-order valence-corrected chi connectivity index (χ3v) is 10.9. The zero-order valence-electron chi connectivity index (χ0n) is 35.9. The summed E-state index contributed by atoms with van der Waals surface area (Å²) in [7, 11) is 0. The van der Waals surface area contributed by atoms with Crippen LogP contribution < -0.4 is 5.32 Å². The number of allylic oxidation sites excluding steroid dienone is 5. The lowest BCUT2D eigenvalue weighted by Crippen LogP contribution is -2.60. The number of carbonyl (C=O) groups is 1. The molecular formula is C47H87NO8. The number of nitrogens with one attached hydrogen (secondary N) is 1. The SMILES string of the molecule is CCCCCCCCCCCCCCCCCCCCC/C=C/CC/C=C/CC/C=C/C(O)C(COC1OC(CO)C(O)C(O)C1O)NC(=O)CCCCCC. The van der Waals surface area contributed by atoms with Crippen LogP contribution in [0.2, 0.25) is 0 Å². The number of aliphatic hydroxyl groups is 5. The highest BCUT2D eigenvalue weighted by molar-refractivity contribution is 5.76. The quantitative estimate of drug-likeness (QED) is 0.0268. The highest BCUT2D eigenvalue weighted by Gasteiger charge is 2.44. The summed E-state index contributed by atoms with van der Waals surface area (Å²) in [5, 5.41) is 53.7. The second-order valence-electron chi connectivity index (χ2n) is 16.2. The fraction of sp³-hybridized carbons (Fsp3) is 0.851. The third kappa shape index (κ3) is 27.9. The fourth-order valence-corrected chi connectivity index (χ4v) is 7.19. The first-order valence-corrected chi connectivity index (χ1v) is 23.2. The predicted octanol–water partition coefficient (Wildman–Crippen LogP) is 9.67. The van der Waals surface area contributed by atoms with Crippen molar-refractivity contribution in [2.24, 2.45) is 0 Å². The molecule has 1 rings (SSSR count). The van der Waals surface area contributed by atoms with E-state index in [4.69, 9.17) is 9.47 Å². The van der Waals surface area contributed by atoms with E-state index in [2.05, 4.69) is 43.5 Å². The van der Waals surface area contributed by atoms with E-state index in [0.717, 1.165) is 51.4 Å². The fourth-order valence-electron chi connectivity index (χ4n) is 7.19. The lowest BCUT2D eigenvalue weighted by Gasteiger charge is -2.40. The van der Waals surface area contributed by atoms with Gasteiger partial charge < -0.3 is 40.3 Å². The summed E-state index contributed by atoms with van der Waals surface area (Å²) in [5.41, 5.74) is 0. The van der Waals surface area contributed by atoms with Crippen molar-refractivity contribution < 1.29 is 39.8 Å². The monoisotopic (exact) mass is 794 g/mol. The van der Waals surface area contributed by atoms with Crippen molar-refractivity contribution in [2.45, 2.75) is 243 Å². The van der Waals surface area contributed by atoms with Gasteiger partial charge in [-0.05, 0) is 44.9 Å². The normalized spacial score (nSPS) is 21.4. The predicted molar refractivity (Wildman–Crippen MR) is 230 cm³/mol. The minimum atomic E-state index is -1.57. The number of aliphatic hydroxyl groups excluding tert-OH is 5. The summed E-state index contributed by atoms with van der Waals surface area (Å²) in [4.78, 5) is 12.6. The van der Waals surface area contributed by atoms with Crippen LogP contribution in [0.5, 0.6) is 0 Å². The summed E-state index contributed by atoms with van der Waals surface area (Å²) in [6.07, 6.45) is 40.0. The molecule has 6 N–H and O–H groups in total. The number of unbranched alkanes of at least 4 members (excludes halogenated alkanes) is 24. The molecule has 1 heterocycles. The Labute approximate surface area is 342 Å². The summed E-state index contributed by atoms with van der Waals surface area (Å²) < 4.78 is 11.1. The van der Waals surface area contributed by atoms with E-state index in [1.807, 2.05) is 6.08 Å². The number of ether oxygens (including phenoxy) is 2. The zero-order chi connectivity index (χ0) is 40.9. The van der Waals surface area contributed by atoms with Gasteiger partial charge in [0.15, 0.2) is 6.29 Å². The van der Waals surface area contributed by atoms with Gasteiger partial charge in [0, 0.05) is 6.42 Å². The smallest absolute Gasteiger partial charge is 0.220 e. The van der Waals surface area contributed by atoms with Gasteiger partial charge in [-0.2, -0.15) is 0 Å². The molecule has 56 heavy (non-hydrogen) atoms. The first-order valence-electron chi connectivity index (χ1n) is 23.2. The lowest BCUT2D eigenvalue weighted by molar-refractivity contribution is -0.302. The van der Waals surface area contributed by atoms with E-state index >= 15 is 0 Å². The second kappa shape index (κ2) is 37.7. The van der Waals surface area contributed by atoms with Crippen LogP contribution in [-0.4, -0.2) is 87.5 Å². The molecule has 328 valence electrons. The van der Waals surface area contributed by atoms with E-state index in [-0.39, 0.29) is 12.5 Å². The standard InChI is InChI=1S/C47H87NO8/c1-3-5-7-9-10-11-12-13-14-15-16-17-18-19-20-21-22-23-24-25-26-27-28-29-30-31-32-33-34-36-41(50)40(48-43(51)37-35-8-6-4-2)39-55-47-46(54)45(53)44(52)42(38-49)56-47/h26-27,30-31,34,36,40-42,44-47,49-50,52-54H,3-25,28-29,32-33,35,37-39H2,1-2H3,(H,48,51)/b27-26+,31-30+,36-34+. The maximum absolute atomic E-state index is 12.6. The molecular weight excluding hydrogens is 707 g/mol. The molecule has 9 heteroatoms. The molecule has 1 aliphatic heterocycles. The maximum Gasteiger partial charge on any atom is 0.220 e. The number of hydrogen-bond acceptors (Lipinski definition) is 8. The van der Waals surface area contributed by atoms with Gasteiger partial charge in [0.25, 0.3) is 0 Å². The number of rotatable bonds is 38. The summed E-state index contributed by atoms with van der Waals surface area (Å²) in [6.45, 7) is 3.61. The van der Waals surface area contributed by atoms with E-state index in [1.165, 1.54) is 128 Å². The van der Waals surface area contributed by atoms with Crippen LogP contribution in [0.3, 0.4) is 0 Å². The summed E-state index contributed by atoms with van der Waals surface area (Å²) >= 11 is 0. The summed E-state index contributed by atoms with van der Waals surface area (Å²) in [5.74, 6) is -0.210. The van der Waals surface area contributed by atoms with Crippen LogP contribution in [-0.2, 0) is 14.3 Å². The van der Waals surface area contributed by atoms with Crippen LogP contribution in [0.15, 0.2) is 36.5 Å². The van der Waals surface area contributed by atoms with E-state index in [0.29, 0.717) is 6.42 Å². The van der Waals surface area contributed by atoms with E-state index < -0.39 is 49.5 Å². The van der Waals surface area contributed by atoms with Crippen LogP contribution in [0.4, 0.5) is 0 Å². The number of carbonyl (C=O) groups excluding carboxylic acids is 1. The van der Waals surface area contributed by atoms with Gasteiger partial charge in [-0.15, -0.1) is 0 Å². The molecule has 0 radical (unpaired) electrons. The van der Waals surface area contributed by atoms with Gasteiger partial charge in [0.1, 0.15) is 24.4 Å². The zero-order valence-corrected chi connectivity index (χ0v) is 35.9. The van der Waals surface area contributed by atoms with Crippen LogP contribution in [0.1, 0.15) is 200 Å². The average Bonchev–Trinajstić information content (AvgIpc) is 3.20. The number of hydrogen-bond donors (Lipinski definition) is 6. The van der Waals surface area contributed by atoms with Crippen molar-refractivity contribution in [3.63, 3.8) is 0 Å². The van der Waals surface area contributed by atoms with Crippen LogP contribution >= 0.6 is 0 Å². The van der Waals surface area contributed by atoms with Crippen molar-refractivity contribution in [1.29, 1.82) is 0 Å². The Hall–Kier alpha value is -1.59. The molecule has 0 aromatic heterocycles. The molecule has 0 spiro atoms. The van der Waals surface area contributed by atoms with Crippen molar-refractivity contribution in [3.05, 3.63) is 36.5 Å². The Bertz CT molecular complexity index is 972. The second-order valence-corrected chi connectivity index (χ2v) is 16.2. The Morgan fingerprint density at radius 2 is 1.02 bits per heavy atom. The Morgan fingerprint density at radius 1 is 0.589 bits per heavy atom. The molecule has 1 saturated heterocycles. The molecule has 7 atom stereocenters. The molecule has 0 saturated carbocycles. The highest BCUT2D eigenvalue weighted by atomic mass is 16.7. The Balaban J connectivity index is 2.15. The van der Waals surface area contributed by atoms with Gasteiger partial charge in [0.05, 0.1) is 25.4 Å². The van der Waals surface area contributed by atoms with Crippen molar-refractivity contribution in [3.8, 4) is 0 Å². The van der Waals surface area contributed by atoms with Gasteiger partial charge >= 0.3 is 0 Å². The average molecular weight is 794 g/mol. The maximum atomic E-state index is 12.6. The van der Waals surface area contributed by atoms with Crippen molar-refractivity contribution >= 4 is 5.91 Å². The molecule has 1 amide bonds. The third-order valence-electron chi connectivity index (χ3n) is 10.9. The molecule has 1 aliphatic rings. The van der Waals surface area contributed by atoms with Gasteiger partial charge in [-0.25, -0.2) is 0 Å².